The smallest absolute Gasteiger partial charge is 0.198 e. The number of hydrogen-bond acceptors (Lipinski definition) is 1. The van der Waals surface area contributed by atoms with Crippen LogP contribution in [-0.2, 0) is 6.54 Å². The number of pyridine rings is 1. The van der Waals surface area contributed by atoms with E-state index in [4.69, 9.17) is 0 Å². The maximum atomic E-state index is 13.3. The predicted molar refractivity (Wildman–Crippen MR) is 108 cm³/mol. The first-order chi connectivity index (χ1) is 12.1. The first kappa shape index (κ1) is 17.8. The SMILES string of the molecule is Cc1ccc2c(=O)c(C[NH+]3C[C@@]4(C)C[C@@H]3CC(C)(C)C4)c(C)[nH]c2c1C. The number of nitrogens with one attached hydrogen (secondary N) is 2. The molecular weight excluding hydrogens is 320 g/mol. The summed E-state index contributed by atoms with van der Waals surface area (Å²) in [6, 6.07) is 4.77. The third-order valence-electron chi connectivity index (χ3n) is 7.10. The van der Waals surface area contributed by atoms with Gasteiger partial charge < -0.3 is 9.88 Å². The molecule has 1 saturated carbocycles. The van der Waals surface area contributed by atoms with E-state index in [2.05, 4.69) is 52.6 Å². The maximum absolute atomic E-state index is 13.3. The molecule has 0 spiro atoms. The molecule has 1 unspecified atom stereocenters. The van der Waals surface area contributed by atoms with Gasteiger partial charge in [0.05, 0.1) is 23.7 Å². The molecule has 0 radical (unpaired) electrons. The molecule has 26 heavy (non-hydrogen) atoms. The van der Waals surface area contributed by atoms with Crippen molar-refractivity contribution in [2.24, 2.45) is 10.8 Å². The van der Waals surface area contributed by atoms with Gasteiger partial charge in [0.25, 0.3) is 0 Å². The highest BCUT2D eigenvalue weighted by Gasteiger charge is 2.52. The van der Waals surface area contributed by atoms with Gasteiger partial charge >= 0.3 is 0 Å². The molecule has 2 aliphatic rings. The number of aryl methyl sites for hydroxylation is 3. The number of benzene rings is 1. The van der Waals surface area contributed by atoms with Crippen molar-refractivity contribution in [1.29, 1.82) is 0 Å². The Morgan fingerprint density at radius 3 is 2.62 bits per heavy atom. The van der Waals surface area contributed by atoms with Gasteiger partial charge in [-0.1, -0.05) is 26.8 Å². The topological polar surface area (TPSA) is 37.3 Å². The minimum atomic E-state index is 0.234. The second kappa shape index (κ2) is 5.69. The van der Waals surface area contributed by atoms with Gasteiger partial charge in [0, 0.05) is 29.3 Å². The molecule has 1 aromatic carbocycles. The average molecular weight is 354 g/mol. The highest BCUT2D eigenvalue weighted by Crippen LogP contribution is 2.47. The monoisotopic (exact) mass is 353 g/mol. The van der Waals surface area contributed by atoms with Crippen LogP contribution in [0.3, 0.4) is 0 Å². The molecule has 3 heteroatoms. The lowest BCUT2D eigenvalue weighted by atomic mass is 9.65. The van der Waals surface area contributed by atoms with Crippen molar-refractivity contribution in [2.45, 2.75) is 73.4 Å². The van der Waals surface area contributed by atoms with Crippen LogP contribution in [0.15, 0.2) is 16.9 Å². The molecule has 3 nitrogen and oxygen atoms in total. The van der Waals surface area contributed by atoms with Gasteiger partial charge in [-0.05, 0) is 49.8 Å². The Labute approximate surface area is 156 Å². The summed E-state index contributed by atoms with van der Waals surface area (Å²) >= 11 is 0. The number of hydrogen-bond donors (Lipinski definition) is 2. The fraction of sp³-hybridized carbons (Fsp3) is 0.609. The van der Waals surface area contributed by atoms with Gasteiger partial charge in [-0.3, -0.25) is 4.79 Å². The molecule has 2 bridgehead atoms. The number of rotatable bonds is 2. The van der Waals surface area contributed by atoms with Crippen molar-refractivity contribution in [3.8, 4) is 0 Å². The molecule has 2 fully saturated rings. The van der Waals surface area contributed by atoms with Crippen LogP contribution in [0, 0.1) is 31.6 Å². The summed E-state index contributed by atoms with van der Waals surface area (Å²) in [4.78, 5) is 18.4. The van der Waals surface area contributed by atoms with Crippen LogP contribution in [-0.4, -0.2) is 17.6 Å². The standard InChI is InChI=1S/C23H32N2O/c1-14-7-8-18-20(15(14)2)24-16(3)19(21(18)26)11-25-13-23(6)10-17(25)9-22(4,5)12-23/h7-8,17H,9-13H2,1-6H3,(H,24,26)/p+1/t17-,23-/m0/s1. The number of aromatic nitrogens is 1. The van der Waals surface area contributed by atoms with Crippen molar-refractivity contribution in [3.63, 3.8) is 0 Å². The van der Waals surface area contributed by atoms with E-state index in [1.165, 1.54) is 36.9 Å². The summed E-state index contributed by atoms with van der Waals surface area (Å²) in [5.41, 5.74) is 6.57. The molecule has 2 N–H and O–H groups in total. The Kier molecular flexibility index (Phi) is 3.89. The van der Waals surface area contributed by atoms with Gasteiger partial charge in [-0.25, -0.2) is 0 Å². The van der Waals surface area contributed by atoms with E-state index in [0.717, 1.165) is 28.7 Å². The summed E-state index contributed by atoms with van der Waals surface area (Å²) < 4.78 is 0. The second-order valence-corrected chi connectivity index (χ2v) is 10.3. The van der Waals surface area contributed by atoms with Crippen LogP contribution in [0.5, 0.6) is 0 Å². The number of aromatic amines is 1. The summed E-state index contributed by atoms with van der Waals surface area (Å²) in [6.45, 7) is 15.6. The lowest BCUT2D eigenvalue weighted by Gasteiger charge is -2.37. The minimum absolute atomic E-state index is 0.234. The zero-order valence-electron chi connectivity index (χ0n) is 17.2. The molecule has 0 amide bonds. The number of quaternary nitrogens is 1. The molecular formula is C23H33N2O+. The van der Waals surface area contributed by atoms with Gasteiger partial charge in [-0.15, -0.1) is 0 Å². The lowest BCUT2D eigenvalue weighted by molar-refractivity contribution is -0.928. The van der Waals surface area contributed by atoms with Crippen molar-refractivity contribution < 1.29 is 4.90 Å². The largest absolute Gasteiger partial charge is 0.358 e. The van der Waals surface area contributed by atoms with E-state index in [1.807, 2.05) is 6.07 Å². The van der Waals surface area contributed by atoms with Gasteiger partial charge in [0.1, 0.15) is 6.54 Å². The van der Waals surface area contributed by atoms with Crippen molar-refractivity contribution in [2.75, 3.05) is 6.54 Å². The Bertz CT molecular complexity index is 939. The van der Waals surface area contributed by atoms with Gasteiger partial charge in [-0.2, -0.15) is 0 Å². The zero-order chi connectivity index (χ0) is 18.9. The number of likely N-dealkylation sites (tertiary alicyclic amines) is 1. The van der Waals surface area contributed by atoms with Gasteiger partial charge in [0.15, 0.2) is 5.43 Å². The predicted octanol–water partition coefficient (Wildman–Crippen LogP) is 3.44. The third-order valence-corrected chi connectivity index (χ3v) is 7.10. The van der Waals surface area contributed by atoms with Crippen LogP contribution in [0.2, 0.25) is 0 Å². The van der Waals surface area contributed by atoms with Crippen molar-refractivity contribution in [1.82, 2.24) is 4.98 Å². The lowest BCUT2D eigenvalue weighted by Crippen LogP contribution is -3.12. The Hall–Kier alpha value is -1.61. The molecule has 3 atom stereocenters. The van der Waals surface area contributed by atoms with E-state index in [-0.39, 0.29) is 5.43 Å². The van der Waals surface area contributed by atoms with E-state index >= 15 is 0 Å². The Balaban J connectivity index is 1.73. The van der Waals surface area contributed by atoms with Crippen LogP contribution < -0.4 is 10.3 Å². The van der Waals surface area contributed by atoms with Crippen molar-refractivity contribution >= 4 is 10.9 Å². The van der Waals surface area contributed by atoms with Crippen LogP contribution in [0.4, 0.5) is 0 Å². The van der Waals surface area contributed by atoms with E-state index in [9.17, 15) is 4.79 Å². The van der Waals surface area contributed by atoms with E-state index in [0.29, 0.717) is 16.9 Å². The first-order valence-corrected chi connectivity index (χ1v) is 10.0. The maximum Gasteiger partial charge on any atom is 0.198 e. The quantitative estimate of drug-likeness (QED) is 0.853. The normalized spacial score (nSPS) is 30.1. The minimum Gasteiger partial charge on any atom is -0.358 e. The highest BCUT2D eigenvalue weighted by atomic mass is 16.1. The molecule has 2 aromatic rings. The zero-order valence-corrected chi connectivity index (χ0v) is 17.2. The Morgan fingerprint density at radius 2 is 1.88 bits per heavy atom. The molecule has 1 aliphatic heterocycles. The molecule has 1 saturated heterocycles. The summed E-state index contributed by atoms with van der Waals surface area (Å²) in [7, 11) is 0. The van der Waals surface area contributed by atoms with Crippen molar-refractivity contribution in [3.05, 3.63) is 44.7 Å². The van der Waals surface area contributed by atoms with E-state index < -0.39 is 0 Å². The number of H-pyrrole nitrogens is 1. The Morgan fingerprint density at radius 1 is 1.15 bits per heavy atom. The summed E-state index contributed by atoms with van der Waals surface area (Å²) in [5.74, 6) is 0. The van der Waals surface area contributed by atoms with Crippen LogP contribution in [0.25, 0.3) is 10.9 Å². The highest BCUT2D eigenvalue weighted by molar-refractivity contribution is 5.83. The summed E-state index contributed by atoms with van der Waals surface area (Å²) in [6.07, 6.45) is 3.90. The molecule has 4 rings (SSSR count). The summed E-state index contributed by atoms with van der Waals surface area (Å²) in [5, 5.41) is 0.849. The molecule has 140 valence electrons. The fourth-order valence-corrected chi connectivity index (χ4v) is 6.16. The molecule has 2 heterocycles. The van der Waals surface area contributed by atoms with Gasteiger partial charge in [0.2, 0.25) is 0 Å². The van der Waals surface area contributed by atoms with Crippen LogP contribution >= 0.6 is 0 Å². The third kappa shape index (κ3) is 2.81. The average Bonchev–Trinajstić information content (AvgIpc) is 2.76. The van der Waals surface area contributed by atoms with Crippen LogP contribution in [0.1, 0.15) is 62.4 Å². The number of fused-ring (bicyclic) bond motifs is 3. The molecule has 1 aromatic heterocycles. The van der Waals surface area contributed by atoms with E-state index in [1.54, 1.807) is 4.90 Å². The first-order valence-electron chi connectivity index (χ1n) is 10.0. The fourth-order valence-electron chi connectivity index (χ4n) is 6.16. The molecule has 1 aliphatic carbocycles. The second-order valence-electron chi connectivity index (χ2n) is 10.3.